The van der Waals surface area contributed by atoms with Crippen LogP contribution < -0.4 is 0 Å². The van der Waals surface area contributed by atoms with Crippen molar-refractivity contribution in [3.63, 3.8) is 0 Å². The Hall–Kier alpha value is 0.739. The van der Waals surface area contributed by atoms with Crippen molar-refractivity contribution in [3.8, 4) is 0 Å². The van der Waals surface area contributed by atoms with Crippen LogP contribution >= 0.6 is 24.4 Å². The number of thiocarbonyl (C=S) groups is 2. The molecule has 19 heavy (non-hydrogen) atoms. The van der Waals surface area contributed by atoms with E-state index >= 15 is 0 Å². The molecule has 0 unspecified atom stereocenters. The van der Waals surface area contributed by atoms with E-state index in [2.05, 4.69) is 77.4 Å². The van der Waals surface area contributed by atoms with Crippen LogP contribution in [-0.2, 0) is 51.8 Å². The van der Waals surface area contributed by atoms with Crippen LogP contribution in [0.4, 0.5) is 0 Å². The molecule has 0 aliphatic heterocycles. The molecular formula is C12H22CuO2S4. The summed E-state index contributed by atoms with van der Waals surface area (Å²) in [5, 5.41) is 0. The summed E-state index contributed by atoms with van der Waals surface area (Å²) in [4.78, 5) is 0. The van der Waals surface area contributed by atoms with Gasteiger partial charge in [0.2, 0.25) is 0 Å². The predicted molar refractivity (Wildman–Crippen MR) is 90.7 cm³/mol. The molecule has 1 radical (unpaired) electrons. The fourth-order valence-corrected chi connectivity index (χ4v) is 1.09. The molecule has 0 saturated heterocycles. The van der Waals surface area contributed by atoms with E-state index in [9.17, 15) is 0 Å². The molecule has 0 aromatic heterocycles. The smallest absolute Gasteiger partial charge is 0.514 e. The molecule has 0 N–H and O–H groups in total. The maximum atomic E-state index is 4.90. The first kappa shape index (κ1) is 24.7. The van der Waals surface area contributed by atoms with Gasteiger partial charge < -0.3 is 59.2 Å². The molecule has 0 bridgehead atoms. The van der Waals surface area contributed by atoms with Gasteiger partial charge in [0.15, 0.2) is 0 Å². The molecule has 0 heterocycles. The Balaban J connectivity index is -0.000000256. The van der Waals surface area contributed by atoms with Gasteiger partial charge in [0, 0.05) is 8.77 Å². The van der Waals surface area contributed by atoms with Gasteiger partial charge in [-0.05, 0) is 24.7 Å². The van der Waals surface area contributed by atoms with Crippen molar-refractivity contribution in [1.29, 1.82) is 0 Å². The summed E-state index contributed by atoms with van der Waals surface area (Å²) in [6.45, 7) is 9.87. The van der Waals surface area contributed by atoms with E-state index in [0.717, 1.165) is 12.8 Å². The van der Waals surface area contributed by atoms with Crippen molar-refractivity contribution < 1.29 is 26.5 Å². The fraction of sp³-hybridized carbons (Fsp3) is 0.833. The van der Waals surface area contributed by atoms with Gasteiger partial charge in [-0.25, -0.2) is 0 Å². The van der Waals surface area contributed by atoms with Crippen LogP contribution in [0.5, 0.6) is 0 Å². The van der Waals surface area contributed by atoms with E-state index in [1.165, 1.54) is 0 Å². The molecular weight excluding hydrogens is 368 g/mol. The summed E-state index contributed by atoms with van der Waals surface area (Å²) in [7, 11) is 0. The average molecular weight is 390 g/mol. The van der Waals surface area contributed by atoms with E-state index in [-0.39, 0.29) is 25.8 Å². The third-order valence-corrected chi connectivity index (χ3v) is 2.30. The minimum Gasteiger partial charge on any atom is -0.514 e. The second-order valence-corrected chi connectivity index (χ2v) is 6.56. The summed E-state index contributed by atoms with van der Waals surface area (Å²) in [5.74, 6) is 1.32. The van der Waals surface area contributed by atoms with Crippen molar-refractivity contribution in [1.82, 2.24) is 0 Å². The van der Waals surface area contributed by atoms with Crippen LogP contribution in [0.2, 0.25) is 0 Å². The maximum absolute atomic E-state index is 4.90. The van der Waals surface area contributed by atoms with Crippen molar-refractivity contribution in [3.05, 3.63) is 0 Å². The zero-order valence-electron chi connectivity index (χ0n) is 11.7. The predicted octanol–water partition coefficient (Wildman–Crippen LogP) is 3.76. The largest absolute Gasteiger partial charge is 2.00 e. The Morgan fingerprint density at radius 3 is 1.26 bits per heavy atom. The van der Waals surface area contributed by atoms with Crippen LogP contribution in [0.15, 0.2) is 0 Å². The monoisotopic (exact) mass is 389 g/mol. The summed E-state index contributed by atoms with van der Waals surface area (Å²) in [5.41, 5.74) is 0. The molecule has 2 nitrogen and oxygen atoms in total. The summed E-state index contributed by atoms with van der Waals surface area (Å²) in [6.07, 6.45) is 2.05. The Kier molecular flexibility index (Phi) is 21.9. The van der Waals surface area contributed by atoms with E-state index in [1.54, 1.807) is 0 Å². The molecule has 117 valence electrons. The first-order valence-corrected chi connectivity index (χ1v) is 7.56. The number of hydrogen-bond acceptors (Lipinski definition) is 6. The molecule has 0 aliphatic carbocycles. The SMILES string of the molecule is CC(C)CCOC(=S)[S-].CC(C)CCOC(=S)[S-].[Cu+2]. The molecule has 0 spiro atoms. The van der Waals surface area contributed by atoms with E-state index < -0.39 is 0 Å². The van der Waals surface area contributed by atoms with Crippen molar-refractivity contribution in [2.75, 3.05) is 13.2 Å². The topological polar surface area (TPSA) is 18.5 Å². The third kappa shape index (κ3) is 32.4. The zero-order chi connectivity index (χ0) is 14.6. The van der Waals surface area contributed by atoms with Gasteiger partial charge in [-0.2, -0.15) is 0 Å². The molecule has 0 aliphatic rings. The minimum atomic E-state index is 0. The van der Waals surface area contributed by atoms with Gasteiger partial charge in [0.05, 0.1) is 13.2 Å². The molecule has 0 aromatic rings. The first-order chi connectivity index (χ1) is 8.25. The van der Waals surface area contributed by atoms with Crippen LogP contribution in [-0.4, -0.2) is 22.0 Å². The Morgan fingerprint density at radius 2 is 1.11 bits per heavy atom. The third-order valence-electron chi connectivity index (χ3n) is 1.83. The van der Waals surface area contributed by atoms with E-state index in [1.807, 2.05) is 0 Å². The van der Waals surface area contributed by atoms with Crippen LogP contribution in [0.25, 0.3) is 0 Å². The fourth-order valence-electron chi connectivity index (χ4n) is 0.756. The molecule has 0 aromatic carbocycles. The van der Waals surface area contributed by atoms with Gasteiger partial charge >= 0.3 is 17.1 Å². The van der Waals surface area contributed by atoms with Gasteiger partial charge in [0.25, 0.3) is 0 Å². The summed E-state index contributed by atoms with van der Waals surface area (Å²) < 4.78 is 10.3. The molecule has 0 rings (SSSR count). The second kappa shape index (κ2) is 16.8. The Labute approximate surface area is 150 Å². The second-order valence-electron chi connectivity index (χ2n) is 4.56. The standard InChI is InChI=1S/2C6H12OS2.Cu/c2*1-5(2)3-4-7-6(8)9;/h2*5H,3-4H2,1-2H3,(H,8,9);/q;;+2/p-2. The van der Waals surface area contributed by atoms with Crippen LogP contribution in [0.3, 0.4) is 0 Å². The first-order valence-electron chi connectivity index (χ1n) is 5.93. The van der Waals surface area contributed by atoms with E-state index in [0.29, 0.717) is 25.0 Å². The van der Waals surface area contributed by atoms with Gasteiger partial charge in [-0.1, -0.05) is 27.7 Å². The number of ether oxygens (including phenoxy) is 2. The summed E-state index contributed by atoms with van der Waals surface area (Å²) in [6, 6.07) is 0. The van der Waals surface area contributed by atoms with Gasteiger partial charge in [0.1, 0.15) is 0 Å². The molecule has 7 heteroatoms. The van der Waals surface area contributed by atoms with Gasteiger partial charge in [-0.3, -0.25) is 0 Å². The summed E-state index contributed by atoms with van der Waals surface area (Å²) >= 11 is 18.2. The Bertz CT molecular complexity index is 212. The zero-order valence-corrected chi connectivity index (χ0v) is 15.9. The van der Waals surface area contributed by atoms with Gasteiger partial charge in [-0.15, -0.1) is 0 Å². The quantitative estimate of drug-likeness (QED) is 0.388. The van der Waals surface area contributed by atoms with Crippen molar-refractivity contribution in [2.24, 2.45) is 11.8 Å². The molecule has 0 fully saturated rings. The molecule has 0 atom stereocenters. The Morgan fingerprint density at radius 1 is 0.842 bits per heavy atom. The number of hydrogen-bond donors (Lipinski definition) is 0. The molecule has 0 saturated carbocycles. The normalized spacial score (nSPS) is 9.16. The molecule has 0 amide bonds. The van der Waals surface area contributed by atoms with Crippen LogP contribution in [0, 0.1) is 11.8 Å². The van der Waals surface area contributed by atoms with Crippen LogP contribution in [0.1, 0.15) is 40.5 Å². The van der Waals surface area contributed by atoms with E-state index in [4.69, 9.17) is 9.47 Å². The van der Waals surface area contributed by atoms with Crippen molar-refractivity contribution in [2.45, 2.75) is 40.5 Å². The minimum absolute atomic E-state index is 0. The van der Waals surface area contributed by atoms with Crippen molar-refractivity contribution >= 4 is 58.5 Å². The maximum Gasteiger partial charge on any atom is 2.00 e. The average Bonchev–Trinajstić information content (AvgIpc) is 2.15. The number of rotatable bonds is 6.